The second-order valence-corrected chi connectivity index (χ2v) is 4.61. The topological polar surface area (TPSA) is 39.7 Å². The van der Waals surface area contributed by atoms with Crippen molar-refractivity contribution >= 4 is 0 Å². The maximum absolute atomic E-state index is 5.37. The lowest BCUT2D eigenvalue weighted by molar-refractivity contribution is 0.354. The molecule has 1 unspecified atom stereocenters. The van der Waals surface area contributed by atoms with Gasteiger partial charge in [-0.3, -0.25) is 0 Å². The van der Waals surface area contributed by atoms with Crippen LogP contribution in [0.15, 0.2) is 42.5 Å². The van der Waals surface area contributed by atoms with E-state index in [1.165, 1.54) is 0 Å². The van der Waals surface area contributed by atoms with E-state index in [-0.39, 0.29) is 6.04 Å². The summed E-state index contributed by atoms with van der Waals surface area (Å²) in [5, 5.41) is 3.32. The second-order valence-electron chi connectivity index (χ2n) is 4.61. The molecule has 2 aromatic rings. The average Bonchev–Trinajstić information content (AvgIpc) is 2.55. The molecule has 0 saturated heterocycles. The van der Waals surface area contributed by atoms with Crippen molar-refractivity contribution in [2.75, 3.05) is 28.4 Å². The van der Waals surface area contributed by atoms with Gasteiger partial charge in [-0.15, -0.1) is 0 Å². The highest BCUT2D eigenvalue weighted by atomic mass is 16.5. The smallest absolute Gasteiger partial charge is 0.161 e. The third-order valence-electron chi connectivity index (χ3n) is 3.46. The van der Waals surface area contributed by atoms with E-state index in [1.807, 2.05) is 43.4 Å². The molecule has 0 heterocycles. The van der Waals surface area contributed by atoms with E-state index in [0.29, 0.717) is 0 Å². The number of benzene rings is 2. The molecule has 0 aliphatic rings. The number of hydrogen-bond acceptors (Lipinski definition) is 4. The maximum Gasteiger partial charge on any atom is 0.161 e. The van der Waals surface area contributed by atoms with Crippen LogP contribution >= 0.6 is 0 Å². The van der Waals surface area contributed by atoms with Crippen LogP contribution < -0.4 is 19.5 Å². The lowest BCUT2D eigenvalue weighted by Crippen LogP contribution is -2.17. The molecule has 2 aromatic carbocycles. The number of nitrogens with one attached hydrogen (secondary N) is 1. The largest absolute Gasteiger partial charge is 0.497 e. The number of rotatable bonds is 6. The van der Waals surface area contributed by atoms with Crippen LogP contribution in [-0.2, 0) is 0 Å². The monoisotopic (exact) mass is 287 g/mol. The highest BCUT2D eigenvalue weighted by Crippen LogP contribution is 2.32. The first-order valence-corrected chi connectivity index (χ1v) is 6.76. The van der Waals surface area contributed by atoms with E-state index in [1.54, 1.807) is 21.3 Å². The number of hydrogen-bond donors (Lipinski definition) is 1. The first kappa shape index (κ1) is 15.2. The van der Waals surface area contributed by atoms with E-state index in [9.17, 15) is 0 Å². The minimum atomic E-state index is 0.0555. The maximum atomic E-state index is 5.37. The molecule has 0 bridgehead atoms. The first-order valence-electron chi connectivity index (χ1n) is 6.76. The zero-order chi connectivity index (χ0) is 15.2. The van der Waals surface area contributed by atoms with Crippen molar-refractivity contribution in [3.05, 3.63) is 53.6 Å². The van der Waals surface area contributed by atoms with E-state index < -0.39 is 0 Å². The Kier molecular flexibility index (Phi) is 5.06. The Labute approximate surface area is 125 Å². The second kappa shape index (κ2) is 6.99. The van der Waals surface area contributed by atoms with Gasteiger partial charge in [-0.05, 0) is 42.4 Å². The minimum absolute atomic E-state index is 0.0555. The van der Waals surface area contributed by atoms with Gasteiger partial charge in [-0.2, -0.15) is 0 Å². The molecule has 21 heavy (non-hydrogen) atoms. The van der Waals surface area contributed by atoms with Crippen LogP contribution in [0, 0.1) is 0 Å². The van der Waals surface area contributed by atoms with Gasteiger partial charge in [0.2, 0.25) is 0 Å². The molecule has 112 valence electrons. The van der Waals surface area contributed by atoms with Gasteiger partial charge in [0, 0.05) is 0 Å². The van der Waals surface area contributed by atoms with Crippen LogP contribution in [-0.4, -0.2) is 28.4 Å². The van der Waals surface area contributed by atoms with Crippen LogP contribution in [0.2, 0.25) is 0 Å². The van der Waals surface area contributed by atoms with Gasteiger partial charge in [0.15, 0.2) is 11.5 Å². The molecule has 0 amide bonds. The summed E-state index contributed by atoms with van der Waals surface area (Å²) < 4.78 is 16.0. The van der Waals surface area contributed by atoms with E-state index >= 15 is 0 Å². The van der Waals surface area contributed by atoms with Gasteiger partial charge in [0.1, 0.15) is 5.75 Å². The fourth-order valence-electron chi connectivity index (χ4n) is 2.38. The summed E-state index contributed by atoms with van der Waals surface area (Å²) >= 11 is 0. The number of methoxy groups -OCH3 is 3. The molecule has 0 spiro atoms. The molecule has 0 aromatic heterocycles. The normalized spacial score (nSPS) is 11.8. The van der Waals surface area contributed by atoms with Crippen molar-refractivity contribution < 1.29 is 14.2 Å². The molecule has 0 radical (unpaired) electrons. The predicted molar refractivity (Wildman–Crippen MR) is 83.4 cm³/mol. The van der Waals surface area contributed by atoms with Crippen LogP contribution in [0.3, 0.4) is 0 Å². The third-order valence-corrected chi connectivity index (χ3v) is 3.46. The van der Waals surface area contributed by atoms with Crippen molar-refractivity contribution in [3.63, 3.8) is 0 Å². The van der Waals surface area contributed by atoms with Gasteiger partial charge in [-0.1, -0.05) is 18.2 Å². The van der Waals surface area contributed by atoms with Crippen molar-refractivity contribution in [1.82, 2.24) is 5.32 Å². The molecule has 4 nitrogen and oxygen atoms in total. The molecule has 1 N–H and O–H groups in total. The summed E-state index contributed by atoms with van der Waals surface area (Å²) in [6, 6.07) is 14.0. The Hall–Kier alpha value is -2.20. The molecule has 0 fully saturated rings. The molecule has 0 aliphatic heterocycles. The lowest BCUT2D eigenvalue weighted by atomic mass is 9.98. The molecular formula is C17H21NO3. The third kappa shape index (κ3) is 3.28. The highest BCUT2D eigenvalue weighted by Gasteiger charge is 2.15. The fourth-order valence-corrected chi connectivity index (χ4v) is 2.38. The zero-order valence-electron chi connectivity index (χ0n) is 12.8. The van der Waals surface area contributed by atoms with Crippen LogP contribution in [0.1, 0.15) is 17.2 Å². The molecule has 4 heteroatoms. The number of ether oxygens (including phenoxy) is 3. The van der Waals surface area contributed by atoms with Crippen LogP contribution in [0.5, 0.6) is 17.2 Å². The van der Waals surface area contributed by atoms with Crippen LogP contribution in [0.4, 0.5) is 0 Å². The Balaban J connectivity index is 2.40. The molecule has 2 rings (SSSR count). The first-order chi connectivity index (χ1) is 10.2. The Morgan fingerprint density at radius 1 is 0.810 bits per heavy atom. The Morgan fingerprint density at radius 3 is 2.14 bits per heavy atom. The predicted octanol–water partition coefficient (Wildman–Crippen LogP) is 3.02. The van der Waals surface area contributed by atoms with Crippen molar-refractivity contribution in [1.29, 1.82) is 0 Å². The van der Waals surface area contributed by atoms with Crippen molar-refractivity contribution in [3.8, 4) is 17.2 Å². The SMILES string of the molecule is CNC(c1cccc(OC)c1)c1ccc(OC)c(OC)c1. The summed E-state index contributed by atoms with van der Waals surface area (Å²) in [6.07, 6.45) is 0. The summed E-state index contributed by atoms with van der Waals surface area (Å²) in [5.74, 6) is 2.29. The highest BCUT2D eigenvalue weighted by molar-refractivity contribution is 5.46. The minimum Gasteiger partial charge on any atom is -0.497 e. The van der Waals surface area contributed by atoms with Gasteiger partial charge < -0.3 is 19.5 Å². The molecule has 0 saturated carbocycles. The zero-order valence-corrected chi connectivity index (χ0v) is 12.8. The van der Waals surface area contributed by atoms with E-state index in [4.69, 9.17) is 14.2 Å². The van der Waals surface area contributed by atoms with E-state index in [2.05, 4.69) is 11.4 Å². The molecule has 0 aliphatic carbocycles. The average molecular weight is 287 g/mol. The summed E-state index contributed by atoms with van der Waals surface area (Å²) in [7, 11) is 6.88. The van der Waals surface area contributed by atoms with Gasteiger partial charge >= 0.3 is 0 Å². The fraction of sp³-hybridized carbons (Fsp3) is 0.294. The van der Waals surface area contributed by atoms with Gasteiger partial charge in [0.25, 0.3) is 0 Å². The summed E-state index contributed by atoms with van der Waals surface area (Å²) in [6.45, 7) is 0. The quantitative estimate of drug-likeness (QED) is 0.886. The molecule has 1 atom stereocenters. The van der Waals surface area contributed by atoms with Crippen molar-refractivity contribution in [2.24, 2.45) is 0 Å². The summed E-state index contributed by atoms with van der Waals surface area (Å²) in [5.41, 5.74) is 2.23. The Morgan fingerprint density at radius 2 is 1.52 bits per heavy atom. The van der Waals surface area contributed by atoms with Gasteiger partial charge in [0.05, 0.1) is 27.4 Å². The van der Waals surface area contributed by atoms with Gasteiger partial charge in [-0.25, -0.2) is 0 Å². The standard InChI is InChI=1S/C17H21NO3/c1-18-17(12-6-5-7-14(10-12)19-2)13-8-9-15(20-3)16(11-13)21-4/h5-11,17-18H,1-4H3. The summed E-state index contributed by atoms with van der Waals surface area (Å²) in [4.78, 5) is 0. The van der Waals surface area contributed by atoms with Crippen molar-refractivity contribution in [2.45, 2.75) is 6.04 Å². The van der Waals surface area contributed by atoms with E-state index in [0.717, 1.165) is 28.4 Å². The lowest BCUT2D eigenvalue weighted by Gasteiger charge is -2.19. The Bertz CT molecular complexity index is 598. The van der Waals surface area contributed by atoms with Crippen LogP contribution in [0.25, 0.3) is 0 Å². The molecular weight excluding hydrogens is 266 g/mol.